The predicted octanol–water partition coefficient (Wildman–Crippen LogP) is 2.99. The van der Waals surface area contributed by atoms with Crippen LogP contribution in [0.15, 0.2) is 33.3 Å². The van der Waals surface area contributed by atoms with Crippen molar-refractivity contribution in [2.45, 2.75) is 26.3 Å². The van der Waals surface area contributed by atoms with Crippen LogP contribution in [-0.4, -0.2) is 7.05 Å². The molecule has 2 aromatic rings. The van der Waals surface area contributed by atoms with Crippen molar-refractivity contribution in [3.8, 4) is 0 Å². The Morgan fingerprint density at radius 2 is 2.19 bits per heavy atom. The molecule has 2 aromatic heterocycles. The Labute approximate surface area is 95.5 Å². The molecule has 1 unspecified atom stereocenters. The smallest absolute Gasteiger partial charge is 0.105 e. The molecule has 3 nitrogen and oxygen atoms in total. The van der Waals surface area contributed by atoms with Gasteiger partial charge in [0.15, 0.2) is 0 Å². The largest absolute Gasteiger partial charge is 0.469 e. The first-order valence-corrected chi connectivity index (χ1v) is 5.47. The normalized spacial score (nSPS) is 12.9. The minimum atomic E-state index is 0.239. The maximum absolute atomic E-state index is 5.55. The first kappa shape index (κ1) is 11.0. The van der Waals surface area contributed by atoms with E-state index >= 15 is 0 Å². The van der Waals surface area contributed by atoms with Gasteiger partial charge in [-0.3, -0.25) is 0 Å². The molecule has 0 aromatic carbocycles. The van der Waals surface area contributed by atoms with Crippen LogP contribution in [-0.2, 0) is 6.42 Å². The fourth-order valence-corrected chi connectivity index (χ4v) is 1.99. The molecule has 1 N–H and O–H groups in total. The number of furan rings is 2. The maximum Gasteiger partial charge on any atom is 0.105 e. The van der Waals surface area contributed by atoms with Crippen LogP contribution in [0.25, 0.3) is 0 Å². The lowest BCUT2D eigenvalue weighted by molar-refractivity contribution is 0.455. The van der Waals surface area contributed by atoms with Crippen molar-refractivity contribution in [3.05, 3.63) is 47.3 Å². The second-order valence-electron chi connectivity index (χ2n) is 3.99. The van der Waals surface area contributed by atoms with Gasteiger partial charge in [-0.05, 0) is 39.1 Å². The Bertz CT molecular complexity index is 442. The third kappa shape index (κ3) is 2.19. The van der Waals surface area contributed by atoms with Crippen molar-refractivity contribution in [1.82, 2.24) is 5.32 Å². The molecule has 86 valence electrons. The number of hydrogen-bond acceptors (Lipinski definition) is 3. The summed E-state index contributed by atoms with van der Waals surface area (Å²) in [5, 5.41) is 3.29. The highest BCUT2D eigenvalue weighted by Crippen LogP contribution is 2.24. The lowest BCUT2D eigenvalue weighted by Crippen LogP contribution is -2.18. The molecule has 0 saturated heterocycles. The van der Waals surface area contributed by atoms with Crippen LogP contribution in [0.2, 0.25) is 0 Å². The Morgan fingerprint density at radius 1 is 1.38 bits per heavy atom. The lowest BCUT2D eigenvalue weighted by Gasteiger charge is -2.13. The molecule has 0 radical (unpaired) electrons. The van der Waals surface area contributed by atoms with Gasteiger partial charge in [0.1, 0.15) is 17.3 Å². The number of rotatable bonds is 4. The summed E-state index contributed by atoms with van der Waals surface area (Å²) < 4.78 is 10.9. The molecular formula is C13H17NO2. The average molecular weight is 219 g/mol. The van der Waals surface area contributed by atoms with Crippen LogP contribution >= 0.6 is 0 Å². The first-order chi connectivity index (χ1) is 7.70. The summed E-state index contributed by atoms with van der Waals surface area (Å²) in [6.07, 6.45) is 2.54. The van der Waals surface area contributed by atoms with Gasteiger partial charge in [0.05, 0.1) is 6.26 Å². The summed E-state index contributed by atoms with van der Waals surface area (Å²) >= 11 is 0. The molecule has 16 heavy (non-hydrogen) atoms. The topological polar surface area (TPSA) is 38.3 Å². The maximum atomic E-state index is 5.55. The summed E-state index contributed by atoms with van der Waals surface area (Å²) in [6.45, 7) is 3.96. The predicted molar refractivity (Wildman–Crippen MR) is 62.4 cm³/mol. The monoisotopic (exact) mass is 219 g/mol. The Balaban J connectivity index is 2.19. The first-order valence-electron chi connectivity index (χ1n) is 5.47. The van der Waals surface area contributed by atoms with Crippen LogP contribution in [0.5, 0.6) is 0 Å². The molecule has 1 atom stereocenters. The van der Waals surface area contributed by atoms with E-state index in [1.807, 2.05) is 33.0 Å². The van der Waals surface area contributed by atoms with Crippen molar-refractivity contribution in [1.29, 1.82) is 0 Å². The lowest BCUT2D eigenvalue weighted by atomic mass is 10.0. The Morgan fingerprint density at radius 3 is 2.69 bits per heavy atom. The van der Waals surface area contributed by atoms with E-state index < -0.39 is 0 Å². The minimum Gasteiger partial charge on any atom is -0.469 e. The quantitative estimate of drug-likeness (QED) is 0.859. The van der Waals surface area contributed by atoms with Gasteiger partial charge < -0.3 is 14.2 Å². The highest BCUT2D eigenvalue weighted by molar-refractivity contribution is 5.25. The SMILES string of the molecule is CNC(Cc1ccco1)c1cc(C)oc1C. The van der Waals surface area contributed by atoms with Gasteiger partial charge in [-0.15, -0.1) is 0 Å². The summed E-state index contributed by atoms with van der Waals surface area (Å²) in [5.74, 6) is 2.91. The fraction of sp³-hybridized carbons (Fsp3) is 0.385. The number of hydrogen-bond donors (Lipinski definition) is 1. The minimum absolute atomic E-state index is 0.239. The molecule has 0 saturated carbocycles. The molecule has 0 bridgehead atoms. The molecule has 3 heteroatoms. The standard InChI is InChI=1S/C13H17NO2/c1-9-7-12(10(2)16-9)13(14-3)8-11-5-4-6-15-11/h4-7,13-14H,8H2,1-3H3. The second kappa shape index (κ2) is 4.58. The summed E-state index contributed by atoms with van der Waals surface area (Å²) in [5.41, 5.74) is 1.20. The van der Waals surface area contributed by atoms with Gasteiger partial charge in [0, 0.05) is 18.0 Å². The fourth-order valence-electron chi connectivity index (χ4n) is 1.99. The summed E-state index contributed by atoms with van der Waals surface area (Å²) in [7, 11) is 1.95. The van der Waals surface area contributed by atoms with Crippen LogP contribution < -0.4 is 5.32 Å². The van der Waals surface area contributed by atoms with E-state index in [1.54, 1.807) is 6.26 Å². The summed E-state index contributed by atoms with van der Waals surface area (Å²) in [4.78, 5) is 0. The van der Waals surface area contributed by atoms with E-state index in [0.717, 1.165) is 23.7 Å². The van der Waals surface area contributed by atoms with Crippen LogP contribution in [0.4, 0.5) is 0 Å². The molecule has 0 fully saturated rings. The van der Waals surface area contributed by atoms with E-state index in [1.165, 1.54) is 5.56 Å². The van der Waals surface area contributed by atoms with Crippen LogP contribution in [0.1, 0.15) is 28.9 Å². The van der Waals surface area contributed by atoms with Gasteiger partial charge in [-0.25, -0.2) is 0 Å². The molecule has 0 aliphatic heterocycles. The van der Waals surface area contributed by atoms with E-state index in [9.17, 15) is 0 Å². The highest BCUT2D eigenvalue weighted by Gasteiger charge is 2.16. The average Bonchev–Trinajstić information content (AvgIpc) is 2.85. The Hall–Kier alpha value is -1.48. The van der Waals surface area contributed by atoms with Gasteiger partial charge >= 0.3 is 0 Å². The molecule has 0 aliphatic rings. The van der Waals surface area contributed by atoms with E-state index in [2.05, 4.69) is 11.4 Å². The van der Waals surface area contributed by atoms with Gasteiger partial charge in [-0.1, -0.05) is 0 Å². The molecule has 2 rings (SSSR count). The molecular weight excluding hydrogens is 202 g/mol. The van der Waals surface area contributed by atoms with Crippen molar-refractivity contribution < 1.29 is 8.83 Å². The highest BCUT2D eigenvalue weighted by atomic mass is 16.3. The molecule has 0 amide bonds. The van der Waals surface area contributed by atoms with Crippen molar-refractivity contribution in [3.63, 3.8) is 0 Å². The number of aryl methyl sites for hydroxylation is 2. The van der Waals surface area contributed by atoms with Crippen LogP contribution in [0.3, 0.4) is 0 Å². The van der Waals surface area contributed by atoms with E-state index in [0.29, 0.717) is 0 Å². The van der Waals surface area contributed by atoms with Crippen molar-refractivity contribution in [2.24, 2.45) is 0 Å². The summed E-state index contributed by atoms with van der Waals surface area (Å²) in [6, 6.07) is 6.23. The zero-order chi connectivity index (χ0) is 11.5. The number of likely N-dealkylation sites (N-methyl/N-ethyl adjacent to an activating group) is 1. The Kier molecular flexibility index (Phi) is 3.15. The van der Waals surface area contributed by atoms with Gasteiger partial charge in [0.25, 0.3) is 0 Å². The van der Waals surface area contributed by atoms with Crippen LogP contribution in [0, 0.1) is 13.8 Å². The van der Waals surface area contributed by atoms with Gasteiger partial charge in [0.2, 0.25) is 0 Å². The molecule has 0 aliphatic carbocycles. The van der Waals surface area contributed by atoms with Gasteiger partial charge in [-0.2, -0.15) is 0 Å². The van der Waals surface area contributed by atoms with E-state index in [4.69, 9.17) is 8.83 Å². The number of nitrogens with one attached hydrogen (secondary N) is 1. The van der Waals surface area contributed by atoms with Crippen molar-refractivity contribution in [2.75, 3.05) is 7.05 Å². The third-order valence-corrected chi connectivity index (χ3v) is 2.79. The molecule has 0 spiro atoms. The molecule has 2 heterocycles. The van der Waals surface area contributed by atoms with Crippen molar-refractivity contribution >= 4 is 0 Å². The van der Waals surface area contributed by atoms with E-state index in [-0.39, 0.29) is 6.04 Å². The third-order valence-electron chi connectivity index (χ3n) is 2.79. The second-order valence-corrected chi connectivity index (χ2v) is 3.99. The zero-order valence-corrected chi connectivity index (χ0v) is 9.91. The zero-order valence-electron chi connectivity index (χ0n) is 9.91.